The average Bonchev–Trinajstić information content (AvgIpc) is 3.11. The molecule has 3 heterocycles. The molecule has 0 aliphatic heterocycles. The summed E-state index contributed by atoms with van der Waals surface area (Å²) in [5.74, 6) is 0.653. The van der Waals surface area contributed by atoms with Crippen molar-refractivity contribution in [3.63, 3.8) is 0 Å². The monoisotopic (exact) mass is 370 g/mol. The number of H-pyrrole nitrogens is 2. The lowest BCUT2D eigenvalue weighted by Gasteiger charge is -2.11. The number of fused-ring (bicyclic) bond motifs is 1. The fourth-order valence-corrected chi connectivity index (χ4v) is 3.51. The van der Waals surface area contributed by atoms with E-state index in [0.717, 1.165) is 5.69 Å². The summed E-state index contributed by atoms with van der Waals surface area (Å²) in [6.45, 7) is 0. The smallest absolute Gasteiger partial charge is 0.268 e. The molecule has 0 aliphatic rings. The number of pyridine rings is 1. The van der Waals surface area contributed by atoms with Crippen LogP contribution in [-0.4, -0.2) is 19.7 Å². The molecule has 1 aromatic carbocycles. The first-order chi connectivity index (χ1) is 12.2. The standard InChI is InChI=1S/C17H12ClN5OS/c18-11-4-6-13(7-5-11)23-16(24)14-9-20-22-15(14)21-17(23)25-10-12-3-1-2-8-19-12/h1-9H,10H2,(H,20,22)/p+1. The van der Waals surface area contributed by atoms with Crippen molar-refractivity contribution >= 4 is 34.4 Å². The molecule has 0 radical (unpaired) electrons. The van der Waals surface area contributed by atoms with Crippen LogP contribution in [0, 0.1) is 0 Å². The summed E-state index contributed by atoms with van der Waals surface area (Å²) >= 11 is 7.44. The topological polar surface area (TPSA) is 77.7 Å². The number of nitrogens with one attached hydrogen (secondary N) is 2. The highest BCUT2D eigenvalue weighted by Gasteiger charge is 2.15. The highest BCUT2D eigenvalue weighted by molar-refractivity contribution is 7.98. The summed E-state index contributed by atoms with van der Waals surface area (Å²) in [7, 11) is 0. The molecule has 0 bridgehead atoms. The Bertz CT molecular complexity index is 1080. The van der Waals surface area contributed by atoms with Crippen LogP contribution in [0.15, 0.2) is 64.8 Å². The largest absolute Gasteiger partial charge is 0.269 e. The summed E-state index contributed by atoms with van der Waals surface area (Å²) in [6.07, 6.45) is 3.37. The van der Waals surface area contributed by atoms with Gasteiger partial charge >= 0.3 is 0 Å². The van der Waals surface area contributed by atoms with E-state index in [1.807, 2.05) is 24.4 Å². The van der Waals surface area contributed by atoms with Crippen LogP contribution in [0.25, 0.3) is 16.7 Å². The van der Waals surface area contributed by atoms with E-state index in [1.54, 1.807) is 28.8 Å². The minimum atomic E-state index is -0.166. The Hall–Kier alpha value is -2.64. The molecule has 8 heteroatoms. The minimum absolute atomic E-state index is 0.166. The van der Waals surface area contributed by atoms with Crippen molar-refractivity contribution in [2.45, 2.75) is 10.9 Å². The van der Waals surface area contributed by atoms with Gasteiger partial charge in [0.1, 0.15) is 5.39 Å². The maximum Gasteiger partial charge on any atom is 0.269 e. The van der Waals surface area contributed by atoms with Gasteiger partial charge in [0.2, 0.25) is 0 Å². The van der Waals surface area contributed by atoms with Gasteiger partial charge in [-0.3, -0.25) is 14.5 Å². The molecule has 0 saturated carbocycles. The van der Waals surface area contributed by atoms with Gasteiger partial charge in [-0.25, -0.2) is 9.97 Å². The minimum Gasteiger partial charge on any atom is -0.268 e. The first-order valence-electron chi connectivity index (χ1n) is 7.53. The maximum atomic E-state index is 12.9. The van der Waals surface area contributed by atoms with Gasteiger partial charge in [-0.1, -0.05) is 29.4 Å². The Morgan fingerprint density at radius 3 is 2.80 bits per heavy atom. The fraction of sp³-hybridized carbons (Fsp3) is 0.0588. The Morgan fingerprint density at radius 2 is 2.04 bits per heavy atom. The van der Waals surface area contributed by atoms with Crippen LogP contribution in [0.5, 0.6) is 0 Å². The molecule has 0 amide bonds. The molecule has 25 heavy (non-hydrogen) atoms. The van der Waals surface area contributed by atoms with E-state index in [0.29, 0.717) is 32.7 Å². The molecule has 0 fully saturated rings. The number of benzene rings is 1. The predicted octanol–water partition coefficient (Wildman–Crippen LogP) is 2.87. The molecule has 6 nitrogen and oxygen atoms in total. The zero-order chi connectivity index (χ0) is 17.2. The lowest BCUT2D eigenvalue weighted by atomic mass is 10.3. The lowest BCUT2D eigenvalue weighted by Crippen LogP contribution is -2.21. The second-order valence-corrected chi connectivity index (χ2v) is 6.70. The molecule has 0 saturated heterocycles. The third kappa shape index (κ3) is 3.16. The molecule has 0 unspecified atom stereocenters. The zero-order valence-corrected chi connectivity index (χ0v) is 14.5. The molecule has 2 N–H and O–H groups in total. The van der Waals surface area contributed by atoms with E-state index in [9.17, 15) is 4.79 Å². The van der Waals surface area contributed by atoms with Crippen LogP contribution in [0.1, 0.15) is 5.69 Å². The third-order valence-electron chi connectivity index (χ3n) is 3.67. The van der Waals surface area contributed by atoms with Crippen molar-refractivity contribution in [3.8, 4) is 5.69 Å². The summed E-state index contributed by atoms with van der Waals surface area (Å²) < 4.78 is 1.59. The van der Waals surface area contributed by atoms with Crippen LogP contribution < -0.4 is 10.5 Å². The number of hydrogen-bond donors (Lipinski definition) is 1. The van der Waals surface area contributed by atoms with Gasteiger partial charge in [-0.15, -0.1) is 0 Å². The number of nitrogens with zero attached hydrogens (tertiary/aromatic N) is 3. The maximum absolute atomic E-state index is 12.9. The number of halogens is 1. The van der Waals surface area contributed by atoms with Crippen molar-refractivity contribution in [3.05, 3.63) is 75.9 Å². The molecular weight excluding hydrogens is 358 g/mol. The molecular formula is C17H13ClN5OS+. The fourth-order valence-electron chi connectivity index (χ4n) is 2.45. The van der Waals surface area contributed by atoms with E-state index in [-0.39, 0.29) is 5.56 Å². The van der Waals surface area contributed by atoms with Crippen LogP contribution >= 0.6 is 23.4 Å². The van der Waals surface area contributed by atoms with Gasteiger partial charge < -0.3 is 0 Å². The molecule has 4 aromatic rings. The second kappa shape index (κ2) is 6.70. The molecule has 4 rings (SSSR count). The number of rotatable bonds is 4. The summed E-state index contributed by atoms with van der Waals surface area (Å²) in [5.41, 5.74) is 2.06. The van der Waals surface area contributed by atoms with Gasteiger partial charge in [-0.2, -0.15) is 5.10 Å². The van der Waals surface area contributed by atoms with Crippen molar-refractivity contribution < 1.29 is 4.98 Å². The molecule has 0 spiro atoms. The molecule has 124 valence electrons. The molecule has 0 aliphatic carbocycles. The van der Waals surface area contributed by atoms with Gasteiger partial charge in [-0.05, 0) is 24.3 Å². The SMILES string of the molecule is O=c1c2cn[nH]c2nc(SCc2cccc[nH+]2)n1-c1ccc(Cl)cc1. The first-order valence-corrected chi connectivity index (χ1v) is 8.89. The molecule has 3 aromatic heterocycles. The van der Waals surface area contributed by atoms with E-state index in [4.69, 9.17) is 11.6 Å². The average molecular weight is 371 g/mol. The number of hydrogen-bond acceptors (Lipinski definition) is 4. The van der Waals surface area contributed by atoms with E-state index in [2.05, 4.69) is 20.2 Å². The zero-order valence-electron chi connectivity index (χ0n) is 12.9. The van der Waals surface area contributed by atoms with E-state index in [1.165, 1.54) is 18.0 Å². The highest BCUT2D eigenvalue weighted by Crippen LogP contribution is 2.23. The third-order valence-corrected chi connectivity index (χ3v) is 4.91. The summed E-state index contributed by atoms with van der Waals surface area (Å²) in [4.78, 5) is 20.7. The predicted molar refractivity (Wildman–Crippen MR) is 97.1 cm³/mol. The Morgan fingerprint density at radius 1 is 1.20 bits per heavy atom. The van der Waals surface area contributed by atoms with Gasteiger partial charge in [0, 0.05) is 17.2 Å². The van der Waals surface area contributed by atoms with Gasteiger partial charge in [0.15, 0.2) is 22.7 Å². The summed E-state index contributed by atoms with van der Waals surface area (Å²) in [6, 6.07) is 13.0. The first kappa shape index (κ1) is 15.9. The Labute approximate surface area is 151 Å². The van der Waals surface area contributed by atoms with Gasteiger partial charge in [0.25, 0.3) is 5.56 Å². The van der Waals surface area contributed by atoms with E-state index >= 15 is 0 Å². The van der Waals surface area contributed by atoms with Crippen molar-refractivity contribution in [1.82, 2.24) is 19.7 Å². The normalized spacial score (nSPS) is 11.1. The van der Waals surface area contributed by atoms with Crippen LogP contribution in [0.4, 0.5) is 0 Å². The second-order valence-electron chi connectivity index (χ2n) is 5.32. The van der Waals surface area contributed by atoms with Gasteiger partial charge in [0.05, 0.1) is 17.6 Å². The Kier molecular flexibility index (Phi) is 4.25. The van der Waals surface area contributed by atoms with Crippen molar-refractivity contribution in [2.24, 2.45) is 0 Å². The van der Waals surface area contributed by atoms with E-state index < -0.39 is 0 Å². The number of aromatic nitrogens is 5. The van der Waals surface area contributed by atoms with Crippen LogP contribution in [0.2, 0.25) is 5.02 Å². The van der Waals surface area contributed by atoms with Crippen molar-refractivity contribution in [2.75, 3.05) is 0 Å². The van der Waals surface area contributed by atoms with Crippen LogP contribution in [0.3, 0.4) is 0 Å². The lowest BCUT2D eigenvalue weighted by molar-refractivity contribution is -0.388. The Balaban J connectivity index is 1.82. The quantitative estimate of drug-likeness (QED) is 0.442. The van der Waals surface area contributed by atoms with Crippen LogP contribution in [-0.2, 0) is 5.75 Å². The highest BCUT2D eigenvalue weighted by atomic mass is 35.5. The number of aromatic amines is 2. The molecule has 0 atom stereocenters. The number of thioether (sulfide) groups is 1. The summed E-state index contributed by atoms with van der Waals surface area (Å²) in [5, 5.41) is 8.35. The van der Waals surface area contributed by atoms with Crippen molar-refractivity contribution in [1.29, 1.82) is 0 Å².